The molecule has 2 aliphatic heterocycles. The first kappa shape index (κ1) is 12.4. The normalized spacial score (nSPS) is 29.1. The molecule has 0 aromatic rings. The van der Waals surface area contributed by atoms with Crippen molar-refractivity contribution in [1.82, 2.24) is 4.90 Å². The van der Waals surface area contributed by atoms with Crippen molar-refractivity contribution in [3.8, 4) is 0 Å². The molecule has 0 bridgehead atoms. The third-order valence-electron chi connectivity index (χ3n) is 2.89. The van der Waals surface area contributed by atoms with Gasteiger partial charge in [-0.25, -0.2) is 4.79 Å². The second-order valence-corrected chi connectivity index (χ2v) is 5.52. The summed E-state index contributed by atoms with van der Waals surface area (Å²) in [6.07, 6.45) is 1.57. The predicted molar refractivity (Wildman–Crippen MR) is 60.1 cm³/mol. The fourth-order valence-corrected chi connectivity index (χ4v) is 2.15. The Kier molecular flexibility index (Phi) is 3.12. The molecule has 5 nitrogen and oxygen atoms in total. The van der Waals surface area contributed by atoms with Crippen LogP contribution in [0.4, 0.5) is 0 Å². The fraction of sp³-hybridized carbons (Fsp3) is 0.833. The Morgan fingerprint density at radius 2 is 2.18 bits per heavy atom. The second-order valence-electron chi connectivity index (χ2n) is 5.52. The molecule has 2 aliphatic rings. The Morgan fingerprint density at radius 1 is 1.47 bits per heavy atom. The molecule has 2 fully saturated rings. The highest BCUT2D eigenvalue weighted by Gasteiger charge is 2.46. The zero-order valence-electron chi connectivity index (χ0n) is 10.6. The molecule has 2 rings (SSSR count). The van der Waals surface area contributed by atoms with E-state index >= 15 is 0 Å². The first-order chi connectivity index (χ1) is 7.88. The molecular formula is C12H19NO4. The van der Waals surface area contributed by atoms with E-state index in [1.807, 2.05) is 20.8 Å². The Labute approximate surface area is 101 Å². The Balaban J connectivity index is 2.07. The van der Waals surface area contributed by atoms with Crippen LogP contribution in [0.3, 0.4) is 0 Å². The van der Waals surface area contributed by atoms with Crippen LogP contribution in [-0.2, 0) is 19.1 Å². The molecular weight excluding hydrogens is 222 g/mol. The van der Waals surface area contributed by atoms with Crippen molar-refractivity contribution in [1.29, 1.82) is 0 Å². The van der Waals surface area contributed by atoms with Gasteiger partial charge in [0.05, 0.1) is 6.42 Å². The summed E-state index contributed by atoms with van der Waals surface area (Å²) in [5.41, 5.74) is -0.520. The van der Waals surface area contributed by atoms with Gasteiger partial charge in [-0.1, -0.05) is 0 Å². The van der Waals surface area contributed by atoms with E-state index < -0.39 is 11.6 Å². The minimum atomic E-state index is -0.520. The van der Waals surface area contributed by atoms with Crippen molar-refractivity contribution < 1.29 is 19.1 Å². The van der Waals surface area contributed by atoms with E-state index in [0.29, 0.717) is 19.4 Å². The molecule has 0 N–H and O–H groups in total. The van der Waals surface area contributed by atoms with Crippen LogP contribution < -0.4 is 0 Å². The van der Waals surface area contributed by atoms with Gasteiger partial charge in [0.25, 0.3) is 0 Å². The average Bonchev–Trinajstić information content (AvgIpc) is 2.33. The van der Waals surface area contributed by atoms with E-state index in [-0.39, 0.29) is 18.1 Å². The number of esters is 1. The molecule has 0 aromatic carbocycles. The highest BCUT2D eigenvalue weighted by atomic mass is 16.6. The van der Waals surface area contributed by atoms with Gasteiger partial charge in [0.2, 0.25) is 5.91 Å². The van der Waals surface area contributed by atoms with E-state index in [4.69, 9.17) is 9.47 Å². The maximum atomic E-state index is 12.0. The Hall–Kier alpha value is -1.10. The molecule has 0 unspecified atom stereocenters. The molecule has 17 heavy (non-hydrogen) atoms. The number of rotatable bonds is 1. The largest absolute Gasteiger partial charge is 0.458 e. The molecule has 2 heterocycles. The summed E-state index contributed by atoms with van der Waals surface area (Å²) < 4.78 is 10.8. The molecule has 0 aromatic heterocycles. The standard InChI is InChI=1S/C12H19NO4/c1-12(2,3)17-11(15)8-5-4-6-16-10-7-9(14)13(8)10/h8,10H,4-7H2,1-3H3/t8-,10-/m1/s1. The molecule has 0 radical (unpaired) electrons. The van der Waals surface area contributed by atoms with Crippen LogP contribution in [-0.4, -0.2) is 41.3 Å². The summed E-state index contributed by atoms with van der Waals surface area (Å²) in [4.78, 5) is 25.1. The minimum absolute atomic E-state index is 0.0206. The SMILES string of the molecule is CC(C)(C)OC(=O)[C@H]1CCCO[C@@H]2CC(=O)N12. The molecule has 5 heteroatoms. The van der Waals surface area contributed by atoms with Crippen molar-refractivity contribution in [3.63, 3.8) is 0 Å². The number of carbonyl (C=O) groups excluding carboxylic acids is 2. The first-order valence-corrected chi connectivity index (χ1v) is 6.04. The number of amides is 1. The van der Waals surface area contributed by atoms with Crippen molar-refractivity contribution in [2.75, 3.05) is 6.61 Å². The van der Waals surface area contributed by atoms with Crippen LogP contribution >= 0.6 is 0 Å². The molecule has 96 valence electrons. The maximum absolute atomic E-state index is 12.0. The van der Waals surface area contributed by atoms with Crippen LogP contribution in [0.25, 0.3) is 0 Å². The fourth-order valence-electron chi connectivity index (χ4n) is 2.15. The summed E-state index contributed by atoms with van der Waals surface area (Å²) in [5, 5.41) is 0. The summed E-state index contributed by atoms with van der Waals surface area (Å²) in [5.74, 6) is -0.339. The lowest BCUT2D eigenvalue weighted by atomic mass is 10.0. The zero-order chi connectivity index (χ0) is 12.6. The number of ether oxygens (including phenoxy) is 2. The zero-order valence-corrected chi connectivity index (χ0v) is 10.6. The number of hydrogen-bond donors (Lipinski definition) is 0. The lowest BCUT2D eigenvalue weighted by Gasteiger charge is -2.42. The smallest absolute Gasteiger partial charge is 0.329 e. The van der Waals surface area contributed by atoms with Gasteiger partial charge in [-0.05, 0) is 33.6 Å². The number of hydrogen-bond acceptors (Lipinski definition) is 4. The van der Waals surface area contributed by atoms with Gasteiger partial charge < -0.3 is 14.4 Å². The highest BCUT2D eigenvalue weighted by molar-refractivity contribution is 5.89. The highest BCUT2D eigenvalue weighted by Crippen LogP contribution is 2.30. The second kappa shape index (κ2) is 4.29. The lowest BCUT2D eigenvalue weighted by molar-refractivity contribution is -0.189. The van der Waals surface area contributed by atoms with Crippen molar-refractivity contribution in [2.24, 2.45) is 0 Å². The minimum Gasteiger partial charge on any atom is -0.458 e. The van der Waals surface area contributed by atoms with Crippen LogP contribution in [0.15, 0.2) is 0 Å². The van der Waals surface area contributed by atoms with Gasteiger partial charge >= 0.3 is 5.97 Å². The van der Waals surface area contributed by atoms with Crippen LogP contribution in [0, 0.1) is 0 Å². The van der Waals surface area contributed by atoms with E-state index in [2.05, 4.69) is 0 Å². The Bertz CT molecular complexity index is 334. The van der Waals surface area contributed by atoms with E-state index in [1.54, 1.807) is 0 Å². The maximum Gasteiger partial charge on any atom is 0.329 e. The molecule has 0 spiro atoms. The summed E-state index contributed by atoms with van der Waals surface area (Å²) in [7, 11) is 0. The summed E-state index contributed by atoms with van der Waals surface area (Å²) >= 11 is 0. The van der Waals surface area contributed by atoms with Gasteiger partial charge in [0, 0.05) is 6.61 Å². The third-order valence-corrected chi connectivity index (χ3v) is 2.89. The van der Waals surface area contributed by atoms with Crippen molar-refractivity contribution >= 4 is 11.9 Å². The molecule has 0 saturated carbocycles. The summed E-state index contributed by atoms with van der Waals surface area (Å²) in [6.45, 7) is 6.09. The van der Waals surface area contributed by atoms with E-state index in [1.165, 1.54) is 4.90 Å². The molecule has 0 aliphatic carbocycles. The molecule has 1 amide bonds. The first-order valence-electron chi connectivity index (χ1n) is 6.04. The monoisotopic (exact) mass is 241 g/mol. The quantitative estimate of drug-likeness (QED) is 0.509. The number of fused-ring (bicyclic) bond motifs is 1. The van der Waals surface area contributed by atoms with Gasteiger partial charge in [-0.15, -0.1) is 0 Å². The number of nitrogens with zero attached hydrogens (tertiary/aromatic N) is 1. The van der Waals surface area contributed by atoms with Crippen molar-refractivity contribution in [2.45, 2.75) is 57.9 Å². The van der Waals surface area contributed by atoms with Crippen LogP contribution in [0.5, 0.6) is 0 Å². The van der Waals surface area contributed by atoms with E-state index in [0.717, 1.165) is 6.42 Å². The van der Waals surface area contributed by atoms with E-state index in [9.17, 15) is 9.59 Å². The van der Waals surface area contributed by atoms with Gasteiger partial charge in [0.15, 0.2) is 0 Å². The van der Waals surface area contributed by atoms with Crippen LogP contribution in [0.2, 0.25) is 0 Å². The molecule has 2 atom stereocenters. The van der Waals surface area contributed by atoms with Gasteiger partial charge in [0.1, 0.15) is 17.9 Å². The molecule has 2 saturated heterocycles. The van der Waals surface area contributed by atoms with Crippen LogP contribution in [0.1, 0.15) is 40.0 Å². The van der Waals surface area contributed by atoms with Crippen molar-refractivity contribution in [3.05, 3.63) is 0 Å². The number of carbonyl (C=O) groups is 2. The average molecular weight is 241 g/mol. The Morgan fingerprint density at radius 3 is 2.76 bits per heavy atom. The summed E-state index contributed by atoms with van der Waals surface area (Å²) in [6, 6.07) is -0.469. The topological polar surface area (TPSA) is 55.8 Å². The van der Waals surface area contributed by atoms with Gasteiger partial charge in [-0.2, -0.15) is 0 Å². The lowest BCUT2D eigenvalue weighted by Crippen LogP contribution is -2.60. The third kappa shape index (κ3) is 2.60. The van der Waals surface area contributed by atoms with Gasteiger partial charge in [-0.3, -0.25) is 4.79 Å². The number of β-lactam (4-membered cyclic amide) rings is 1. The predicted octanol–water partition coefficient (Wildman–Crippen LogP) is 1.07.